The number of carbonyl (C=O) groups excluding carboxylic acids is 1. The maximum Gasteiger partial charge on any atom is 0.226 e. The number of nitrogens with one attached hydrogen (secondary N) is 3. The van der Waals surface area contributed by atoms with E-state index in [1.54, 1.807) is 12.1 Å². The van der Waals surface area contributed by atoms with E-state index < -0.39 is 0 Å². The first-order chi connectivity index (χ1) is 11.7. The summed E-state index contributed by atoms with van der Waals surface area (Å²) in [5, 5.41) is 2.89. The Labute approximate surface area is 140 Å². The van der Waals surface area contributed by atoms with E-state index in [9.17, 15) is 9.18 Å². The van der Waals surface area contributed by atoms with Crippen LogP contribution in [-0.4, -0.2) is 25.6 Å². The molecule has 2 aromatic carbocycles. The number of hydrogen-bond donors (Lipinski definition) is 3. The molecule has 24 heavy (non-hydrogen) atoms. The topological polar surface area (TPSA) is 62.4 Å². The molecule has 6 heteroatoms. The number of rotatable bonds is 6. The Kier molecular flexibility index (Phi) is 5.40. The van der Waals surface area contributed by atoms with E-state index in [2.05, 4.69) is 16.2 Å². The lowest BCUT2D eigenvalue weighted by molar-refractivity contribution is -0.125. The minimum Gasteiger partial charge on any atom is -0.492 e. The fraction of sp³-hybridized carbons (Fsp3) is 0.278. The fourth-order valence-electron chi connectivity index (χ4n) is 2.72. The van der Waals surface area contributed by atoms with Crippen LogP contribution in [0, 0.1) is 11.7 Å². The summed E-state index contributed by atoms with van der Waals surface area (Å²) in [6.45, 7) is 1.36. The van der Waals surface area contributed by atoms with Crippen molar-refractivity contribution in [2.24, 2.45) is 5.92 Å². The third-order valence-electron chi connectivity index (χ3n) is 3.96. The molecule has 3 N–H and O–H groups in total. The maximum atomic E-state index is 13.0. The van der Waals surface area contributed by atoms with Gasteiger partial charge >= 0.3 is 0 Å². The van der Waals surface area contributed by atoms with E-state index in [1.165, 1.54) is 12.1 Å². The summed E-state index contributed by atoms with van der Waals surface area (Å²) >= 11 is 0. The van der Waals surface area contributed by atoms with Crippen molar-refractivity contribution in [2.45, 2.75) is 6.04 Å². The lowest BCUT2D eigenvalue weighted by Crippen LogP contribution is -2.37. The highest BCUT2D eigenvalue weighted by Gasteiger charge is 2.33. The van der Waals surface area contributed by atoms with E-state index in [0.717, 1.165) is 11.3 Å². The molecular formula is C18H20FN3O2. The van der Waals surface area contributed by atoms with Crippen LogP contribution >= 0.6 is 0 Å². The quantitative estimate of drug-likeness (QED) is 0.707. The van der Waals surface area contributed by atoms with Crippen LogP contribution in [0.25, 0.3) is 0 Å². The van der Waals surface area contributed by atoms with Crippen molar-refractivity contribution in [3.8, 4) is 5.75 Å². The van der Waals surface area contributed by atoms with Gasteiger partial charge in [-0.2, -0.15) is 0 Å². The van der Waals surface area contributed by atoms with Crippen LogP contribution in [0.2, 0.25) is 0 Å². The second kappa shape index (κ2) is 7.90. The molecule has 1 fully saturated rings. The molecule has 0 aliphatic carbocycles. The minimum atomic E-state index is -0.288. The van der Waals surface area contributed by atoms with Crippen LogP contribution in [0.1, 0.15) is 11.6 Å². The number of ether oxygens (including phenoxy) is 1. The van der Waals surface area contributed by atoms with E-state index in [0.29, 0.717) is 19.7 Å². The number of hydrogen-bond acceptors (Lipinski definition) is 4. The molecule has 2 unspecified atom stereocenters. The molecule has 2 aromatic rings. The van der Waals surface area contributed by atoms with E-state index >= 15 is 0 Å². The van der Waals surface area contributed by atoms with Crippen LogP contribution < -0.4 is 20.9 Å². The van der Waals surface area contributed by atoms with Crippen molar-refractivity contribution < 1.29 is 13.9 Å². The van der Waals surface area contributed by atoms with Crippen molar-refractivity contribution in [1.29, 1.82) is 0 Å². The molecule has 3 rings (SSSR count). The molecule has 1 aliphatic rings. The Balaban J connectivity index is 1.49. The lowest BCUT2D eigenvalue weighted by Gasteiger charge is -2.18. The molecule has 0 bridgehead atoms. The third kappa shape index (κ3) is 4.10. The number of para-hydroxylation sites is 1. The third-order valence-corrected chi connectivity index (χ3v) is 3.96. The Morgan fingerprint density at radius 3 is 2.67 bits per heavy atom. The van der Waals surface area contributed by atoms with Gasteiger partial charge in [-0.05, 0) is 29.8 Å². The van der Waals surface area contributed by atoms with E-state index in [-0.39, 0.29) is 23.7 Å². The monoisotopic (exact) mass is 329 g/mol. The molecule has 2 atom stereocenters. The minimum absolute atomic E-state index is 0.0570. The van der Waals surface area contributed by atoms with Gasteiger partial charge in [0.25, 0.3) is 0 Å². The normalized spacial score (nSPS) is 19.9. The van der Waals surface area contributed by atoms with E-state index in [4.69, 9.17) is 4.74 Å². The molecule has 1 saturated heterocycles. The van der Waals surface area contributed by atoms with Gasteiger partial charge in [-0.15, -0.1) is 0 Å². The second-order valence-corrected chi connectivity index (χ2v) is 5.61. The average Bonchev–Trinajstić information content (AvgIpc) is 3.10. The second-order valence-electron chi connectivity index (χ2n) is 5.61. The number of benzene rings is 2. The zero-order valence-electron chi connectivity index (χ0n) is 13.2. The van der Waals surface area contributed by atoms with Crippen molar-refractivity contribution in [2.75, 3.05) is 19.7 Å². The molecular weight excluding hydrogens is 309 g/mol. The SMILES string of the molecule is O=C(NCCOc1ccccc1)C1CNNC1c1ccc(F)cc1. The average molecular weight is 329 g/mol. The van der Waals surface area contributed by atoms with Crippen LogP contribution in [0.15, 0.2) is 54.6 Å². The van der Waals surface area contributed by atoms with Crippen molar-refractivity contribution in [1.82, 2.24) is 16.2 Å². The molecule has 1 aliphatic heterocycles. The predicted molar refractivity (Wildman–Crippen MR) is 88.7 cm³/mol. The summed E-state index contributed by atoms with van der Waals surface area (Å²) in [7, 11) is 0. The van der Waals surface area contributed by atoms with Crippen molar-refractivity contribution in [3.63, 3.8) is 0 Å². The van der Waals surface area contributed by atoms with Crippen LogP contribution in [0.3, 0.4) is 0 Å². The summed E-state index contributed by atoms with van der Waals surface area (Å²) < 4.78 is 18.6. The summed E-state index contributed by atoms with van der Waals surface area (Å²) in [6, 6.07) is 15.5. The molecule has 1 amide bonds. The van der Waals surface area contributed by atoms with Gasteiger partial charge in [-0.1, -0.05) is 30.3 Å². The predicted octanol–water partition coefficient (Wildman–Crippen LogP) is 1.79. The molecule has 0 saturated carbocycles. The zero-order valence-corrected chi connectivity index (χ0v) is 13.2. The van der Waals surface area contributed by atoms with Gasteiger partial charge in [0.05, 0.1) is 18.5 Å². The maximum absolute atomic E-state index is 13.0. The van der Waals surface area contributed by atoms with Gasteiger partial charge < -0.3 is 10.1 Å². The lowest BCUT2D eigenvalue weighted by atomic mass is 9.94. The molecule has 0 radical (unpaired) electrons. The van der Waals surface area contributed by atoms with Gasteiger partial charge in [0.15, 0.2) is 0 Å². The smallest absolute Gasteiger partial charge is 0.226 e. The Hall–Kier alpha value is -2.44. The van der Waals surface area contributed by atoms with Crippen molar-refractivity contribution >= 4 is 5.91 Å². The fourth-order valence-corrected chi connectivity index (χ4v) is 2.72. The van der Waals surface area contributed by atoms with Gasteiger partial charge in [-0.3, -0.25) is 10.2 Å². The largest absolute Gasteiger partial charge is 0.492 e. The van der Waals surface area contributed by atoms with Crippen LogP contribution in [-0.2, 0) is 4.79 Å². The molecule has 5 nitrogen and oxygen atoms in total. The molecule has 1 heterocycles. The van der Waals surface area contributed by atoms with Crippen LogP contribution in [0.5, 0.6) is 5.75 Å². The highest BCUT2D eigenvalue weighted by molar-refractivity contribution is 5.80. The highest BCUT2D eigenvalue weighted by Crippen LogP contribution is 2.25. The van der Waals surface area contributed by atoms with E-state index in [1.807, 2.05) is 30.3 Å². The molecule has 0 spiro atoms. The van der Waals surface area contributed by atoms with Gasteiger partial charge in [0.2, 0.25) is 5.91 Å². The highest BCUT2D eigenvalue weighted by atomic mass is 19.1. The van der Waals surface area contributed by atoms with Gasteiger partial charge in [0.1, 0.15) is 18.2 Å². The molecule has 126 valence electrons. The first-order valence-electron chi connectivity index (χ1n) is 7.93. The number of amides is 1. The van der Waals surface area contributed by atoms with Gasteiger partial charge in [0, 0.05) is 6.54 Å². The zero-order chi connectivity index (χ0) is 16.8. The van der Waals surface area contributed by atoms with Crippen LogP contribution in [0.4, 0.5) is 4.39 Å². The number of halogens is 1. The van der Waals surface area contributed by atoms with Crippen molar-refractivity contribution in [3.05, 3.63) is 66.0 Å². The summed E-state index contributed by atoms with van der Waals surface area (Å²) in [5.74, 6) is 0.176. The Morgan fingerprint density at radius 2 is 1.92 bits per heavy atom. The number of hydrazine groups is 1. The number of carbonyl (C=O) groups is 1. The summed E-state index contributed by atoms with van der Waals surface area (Å²) in [4.78, 5) is 12.4. The standard InChI is InChI=1S/C18H20FN3O2/c19-14-8-6-13(7-9-14)17-16(12-21-22-17)18(23)20-10-11-24-15-4-2-1-3-5-15/h1-9,16-17,21-22H,10-12H2,(H,20,23). The first-order valence-corrected chi connectivity index (χ1v) is 7.93. The Morgan fingerprint density at radius 1 is 1.17 bits per heavy atom. The van der Waals surface area contributed by atoms with Gasteiger partial charge in [-0.25, -0.2) is 9.82 Å². The summed E-state index contributed by atoms with van der Waals surface area (Å²) in [5.41, 5.74) is 6.95. The molecule has 0 aromatic heterocycles. The first kappa shape index (κ1) is 16.4. The Bertz CT molecular complexity index is 664. The summed E-state index contributed by atoms with van der Waals surface area (Å²) in [6.07, 6.45) is 0.